The highest BCUT2D eigenvalue weighted by atomic mass is 16.3. The van der Waals surface area contributed by atoms with Crippen LogP contribution in [0.25, 0.3) is 0 Å². The zero-order valence-electron chi connectivity index (χ0n) is 14.6. The molecule has 0 aliphatic carbocycles. The second-order valence-electron chi connectivity index (χ2n) is 7.34. The maximum atomic E-state index is 11.8. The lowest BCUT2D eigenvalue weighted by Gasteiger charge is -2.22. The highest BCUT2D eigenvalue weighted by Crippen LogP contribution is 2.24. The number of aliphatic hydroxyl groups excluding tert-OH is 1. The standard InChI is InChI=1S/C19H30N2O2/c1-15(20-12-5-11-19(2,3)14-22)16-7-9-17(10-8-16)21-13-4-6-18(21)23/h7-10,15,20,22H,4-6,11-14H2,1-3H3. The molecule has 1 fully saturated rings. The summed E-state index contributed by atoms with van der Waals surface area (Å²) in [5.74, 6) is 0.232. The minimum atomic E-state index is 0.00876. The Morgan fingerprint density at radius 3 is 2.57 bits per heavy atom. The summed E-state index contributed by atoms with van der Waals surface area (Å²) >= 11 is 0. The number of hydrogen-bond donors (Lipinski definition) is 2. The van der Waals surface area contributed by atoms with E-state index in [1.165, 1.54) is 5.56 Å². The van der Waals surface area contributed by atoms with Crippen LogP contribution in [0.1, 0.15) is 58.1 Å². The number of anilines is 1. The van der Waals surface area contributed by atoms with Gasteiger partial charge in [-0.25, -0.2) is 0 Å². The normalized spacial score (nSPS) is 16.9. The van der Waals surface area contributed by atoms with Crippen LogP contribution in [0.4, 0.5) is 5.69 Å². The van der Waals surface area contributed by atoms with Crippen molar-refractivity contribution in [2.24, 2.45) is 5.41 Å². The molecular weight excluding hydrogens is 288 g/mol. The van der Waals surface area contributed by atoms with Crippen LogP contribution in [0, 0.1) is 5.41 Å². The summed E-state index contributed by atoms with van der Waals surface area (Å²) in [7, 11) is 0. The molecule has 1 atom stereocenters. The average molecular weight is 318 g/mol. The van der Waals surface area contributed by atoms with E-state index < -0.39 is 0 Å². The van der Waals surface area contributed by atoms with Crippen molar-refractivity contribution in [3.05, 3.63) is 29.8 Å². The third kappa shape index (κ3) is 5.05. The molecule has 2 N–H and O–H groups in total. The lowest BCUT2D eigenvalue weighted by atomic mass is 9.89. The van der Waals surface area contributed by atoms with Crippen LogP contribution < -0.4 is 10.2 Å². The molecule has 1 aromatic rings. The summed E-state index contributed by atoms with van der Waals surface area (Å²) in [6.45, 7) is 8.36. The molecule has 1 amide bonds. The molecule has 23 heavy (non-hydrogen) atoms. The summed E-state index contributed by atoms with van der Waals surface area (Å²) in [6, 6.07) is 8.60. The minimum absolute atomic E-state index is 0.00876. The van der Waals surface area contributed by atoms with Crippen LogP contribution in [0.5, 0.6) is 0 Å². The molecule has 128 valence electrons. The van der Waals surface area contributed by atoms with Crippen LogP contribution in [0.3, 0.4) is 0 Å². The topological polar surface area (TPSA) is 52.6 Å². The van der Waals surface area contributed by atoms with Gasteiger partial charge in [-0.15, -0.1) is 0 Å². The maximum Gasteiger partial charge on any atom is 0.227 e. The zero-order chi connectivity index (χ0) is 16.9. The number of rotatable bonds is 8. The maximum absolute atomic E-state index is 11.8. The number of nitrogens with one attached hydrogen (secondary N) is 1. The monoisotopic (exact) mass is 318 g/mol. The number of carbonyl (C=O) groups excluding carboxylic acids is 1. The van der Waals surface area contributed by atoms with E-state index in [9.17, 15) is 9.90 Å². The Kier molecular flexibility index (Phi) is 6.19. The molecule has 2 rings (SSSR count). The molecule has 4 nitrogen and oxygen atoms in total. The van der Waals surface area contributed by atoms with E-state index in [1.54, 1.807) is 0 Å². The summed E-state index contributed by atoms with van der Waals surface area (Å²) in [5, 5.41) is 12.8. The third-order valence-corrected chi connectivity index (χ3v) is 4.69. The Balaban J connectivity index is 1.81. The van der Waals surface area contributed by atoms with E-state index in [0.717, 1.165) is 38.0 Å². The van der Waals surface area contributed by atoms with E-state index in [4.69, 9.17) is 0 Å². The molecule has 4 heteroatoms. The molecule has 1 saturated heterocycles. The highest BCUT2D eigenvalue weighted by Gasteiger charge is 2.21. The summed E-state index contributed by atoms with van der Waals surface area (Å²) < 4.78 is 0. The average Bonchev–Trinajstić information content (AvgIpc) is 2.97. The molecule has 0 saturated carbocycles. The van der Waals surface area contributed by atoms with E-state index in [-0.39, 0.29) is 24.0 Å². The van der Waals surface area contributed by atoms with E-state index in [2.05, 4.69) is 38.2 Å². The summed E-state index contributed by atoms with van der Waals surface area (Å²) in [4.78, 5) is 13.6. The zero-order valence-corrected chi connectivity index (χ0v) is 14.6. The van der Waals surface area contributed by atoms with Crippen molar-refractivity contribution in [3.8, 4) is 0 Å². The first-order valence-corrected chi connectivity index (χ1v) is 8.67. The second kappa shape index (κ2) is 7.93. The summed E-state index contributed by atoms with van der Waals surface area (Å²) in [5.41, 5.74) is 2.25. The number of aliphatic hydroxyl groups is 1. The molecule has 0 aromatic heterocycles. The van der Waals surface area contributed by atoms with Gasteiger partial charge in [0, 0.05) is 31.3 Å². The predicted molar refractivity (Wildman–Crippen MR) is 94.5 cm³/mol. The van der Waals surface area contributed by atoms with Crippen LogP contribution in [-0.4, -0.2) is 30.7 Å². The quantitative estimate of drug-likeness (QED) is 0.723. The van der Waals surface area contributed by atoms with Gasteiger partial charge in [0.05, 0.1) is 0 Å². The largest absolute Gasteiger partial charge is 0.396 e. The fraction of sp³-hybridized carbons (Fsp3) is 0.632. The Labute approximate surface area is 139 Å². The Morgan fingerprint density at radius 1 is 1.30 bits per heavy atom. The van der Waals surface area contributed by atoms with Crippen LogP contribution >= 0.6 is 0 Å². The predicted octanol–water partition coefficient (Wildman–Crippen LogP) is 3.26. The molecule has 1 aliphatic heterocycles. The van der Waals surface area contributed by atoms with E-state index in [1.807, 2.05) is 17.0 Å². The smallest absolute Gasteiger partial charge is 0.227 e. The van der Waals surface area contributed by atoms with Crippen LogP contribution in [-0.2, 0) is 4.79 Å². The van der Waals surface area contributed by atoms with Gasteiger partial charge < -0.3 is 15.3 Å². The van der Waals surface area contributed by atoms with Gasteiger partial charge in [-0.05, 0) is 55.8 Å². The second-order valence-corrected chi connectivity index (χ2v) is 7.34. The third-order valence-electron chi connectivity index (χ3n) is 4.69. The highest BCUT2D eigenvalue weighted by molar-refractivity contribution is 5.95. The number of amides is 1. The van der Waals surface area contributed by atoms with Crippen molar-refractivity contribution in [2.45, 2.75) is 52.5 Å². The lowest BCUT2D eigenvalue weighted by Crippen LogP contribution is -2.24. The van der Waals surface area contributed by atoms with Crippen molar-refractivity contribution < 1.29 is 9.90 Å². The molecule has 1 aromatic carbocycles. The van der Waals surface area contributed by atoms with Gasteiger partial charge in [0.25, 0.3) is 0 Å². The number of benzene rings is 1. The molecule has 1 heterocycles. The molecule has 1 aliphatic rings. The first-order valence-electron chi connectivity index (χ1n) is 8.67. The molecule has 0 bridgehead atoms. The van der Waals surface area contributed by atoms with Gasteiger partial charge in [0.1, 0.15) is 0 Å². The summed E-state index contributed by atoms with van der Waals surface area (Å²) in [6.07, 6.45) is 3.70. The Hall–Kier alpha value is -1.39. The van der Waals surface area contributed by atoms with Crippen molar-refractivity contribution in [2.75, 3.05) is 24.6 Å². The van der Waals surface area contributed by atoms with Gasteiger partial charge in [-0.2, -0.15) is 0 Å². The molecular formula is C19H30N2O2. The fourth-order valence-corrected chi connectivity index (χ4v) is 2.95. The fourth-order valence-electron chi connectivity index (χ4n) is 2.95. The number of carbonyl (C=O) groups is 1. The SMILES string of the molecule is CC(NCCCC(C)(C)CO)c1ccc(N2CCCC2=O)cc1. The van der Waals surface area contributed by atoms with E-state index in [0.29, 0.717) is 6.42 Å². The van der Waals surface area contributed by atoms with Crippen LogP contribution in [0.15, 0.2) is 24.3 Å². The van der Waals surface area contributed by atoms with Crippen molar-refractivity contribution in [3.63, 3.8) is 0 Å². The van der Waals surface area contributed by atoms with Gasteiger partial charge >= 0.3 is 0 Å². The van der Waals surface area contributed by atoms with Gasteiger partial charge in [0.2, 0.25) is 5.91 Å². The van der Waals surface area contributed by atoms with Gasteiger partial charge in [-0.1, -0.05) is 26.0 Å². The Bertz CT molecular complexity index is 511. The van der Waals surface area contributed by atoms with Crippen molar-refractivity contribution in [1.29, 1.82) is 0 Å². The Morgan fingerprint density at radius 2 is 2.00 bits per heavy atom. The van der Waals surface area contributed by atoms with E-state index >= 15 is 0 Å². The van der Waals surface area contributed by atoms with Gasteiger partial charge in [0.15, 0.2) is 0 Å². The van der Waals surface area contributed by atoms with Gasteiger partial charge in [-0.3, -0.25) is 4.79 Å². The minimum Gasteiger partial charge on any atom is -0.396 e. The van der Waals surface area contributed by atoms with Crippen molar-refractivity contribution >= 4 is 11.6 Å². The number of nitrogens with zero attached hydrogens (tertiary/aromatic N) is 1. The molecule has 1 unspecified atom stereocenters. The first kappa shape index (κ1) is 18.0. The van der Waals surface area contributed by atoms with Crippen LogP contribution in [0.2, 0.25) is 0 Å². The molecule has 0 spiro atoms. The number of hydrogen-bond acceptors (Lipinski definition) is 3. The van der Waals surface area contributed by atoms with Crippen molar-refractivity contribution in [1.82, 2.24) is 5.32 Å². The first-order chi connectivity index (χ1) is 10.9. The molecule has 0 radical (unpaired) electrons. The lowest BCUT2D eigenvalue weighted by molar-refractivity contribution is -0.117.